The standard InChI is InChI=1S/C14H22O/c1-11(10-15)8-12-6-5-7-13(9-12)14(2,3)4/h7-8,10,12H,5-6,9H2,1-4H3/b11-8+. The van der Waals surface area contributed by atoms with Crippen LogP contribution in [0.1, 0.15) is 47.0 Å². The van der Waals surface area contributed by atoms with Gasteiger partial charge in [0.1, 0.15) is 6.29 Å². The van der Waals surface area contributed by atoms with Crippen LogP contribution in [0.25, 0.3) is 0 Å². The molecule has 0 fully saturated rings. The van der Waals surface area contributed by atoms with Crippen molar-refractivity contribution in [2.24, 2.45) is 11.3 Å². The van der Waals surface area contributed by atoms with E-state index < -0.39 is 0 Å². The maximum Gasteiger partial charge on any atom is 0.145 e. The van der Waals surface area contributed by atoms with Gasteiger partial charge in [-0.1, -0.05) is 38.5 Å². The van der Waals surface area contributed by atoms with Gasteiger partial charge < -0.3 is 0 Å². The van der Waals surface area contributed by atoms with Crippen LogP contribution in [0.2, 0.25) is 0 Å². The molecule has 0 amide bonds. The normalized spacial score (nSPS) is 23.6. The lowest BCUT2D eigenvalue weighted by molar-refractivity contribution is -0.104. The van der Waals surface area contributed by atoms with E-state index >= 15 is 0 Å². The number of carbonyl (C=O) groups is 1. The summed E-state index contributed by atoms with van der Waals surface area (Å²) < 4.78 is 0. The third-order valence-corrected chi connectivity index (χ3v) is 3.06. The largest absolute Gasteiger partial charge is 0.298 e. The Bertz CT molecular complexity index is 289. The summed E-state index contributed by atoms with van der Waals surface area (Å²) in [4.78, 5) is 10.6. The molecule has 0 aromatic rings. The van der Waals surface area contributed by atoms with Crippen molar-refractivity contribution in [3.05, 3.63) is 23.3 Å². The fraction of sp³-hybridized carbons (Fsp3) is 0.643. The Morgan fingerprint density at radius 2 is 2.13 bits per heavy atom. The lowest BCUT2D eigenvalue weighted by atomic mass is 9.76. The Morgan fingerprint density at radius 3 is 2.67 bits per heavy atom. The molecule has 1 aliphatic carbocycles. The van der Waals surface area contributed by atoms with Gasteiger partial charge in [0, 0.05) is 0 Å². The van der Waals surface area contributed by atoms with Crippen LogP contribution in [0.5, 0.6) is 0 Å². The Hall–Kier alpha value is -0.850. The van der Waals surface area contributed by atoms with Gasteiger partial charge in [0.25, 0.3) is 0 Å². The molecule has 0 saturated carbocycles. The van der Waals surface area contributed by atoms with Gasteiger partial charge in [0.15, 0.2) is 0 Å². The fourth-order valence-corrected chi connectivity index (χ4v) is 2.11. The minimum absolute atomic E-state index is 0.279. The van der Waals surface area contributed by atoms with Gasteiger partial charge in [-0.15, -0.1) is 0 Å². The van der Waals surface area contributed by atoms with Gasteiger partial charge in [0.2, 0.25) is 0 Å². The van der Waals surface area contributed by atoms with E-state index in [1.165, 1.54) is 12.0 Å². The number of rotatable bonds is 2. The van der Waals surface area contributed by atoms with Crippen LogP contribution in [-0.4, -0.2) is 6.29 Å². The van der Waals surface area contributed by atoms with Crippen LogP contribution >= 0.6 is 0 Å². The zero-order valence-corrected chi connectivity index (χ0v) is 10.3. The van der Waals surface area contributed by atoms with E-state index in [2.05, 4.69) is 32.9 Å². The minimum Gasteiger partial charge on any atom is -0.298 e. The van der Waals surface area contributed by atoms with Gasteiger partial charge in [0.05, 0.1) is 0 Å². The molecule has 0 spiro atoms. The van der Waals surface area contributed by atoms with Gasteiger partial charge >= 0.3 is 0 Å². The molecule has 1 rings (SSSR count). The van der Waals surface area contributed by atoms with E-state index in [9.17, 15) is 4.79 Å². The van der Waals surface area contributed by atoms with E-state index in [4.69, 9.17) is 0 Å². The molecule has 1 heteroatoms. The van der Waals surface area contributed by atoms with Crippen LogP contribution < -0.4 is 0 Å². The molecule has 0 heterocycles. The molecule has 0 N–H and O–H groups in total. The van der Waals surface area contributed by atoms with E-state index in [0.29, 0.717) is 5.92 Å². The lowest BCUT2D eigenvalue weighted by Gasteiger charge is -2.29. The third kappa shape index (κ3) is 3.65. The Kier molecular flexibility index (Phi) is 3.90. The first-order chi connectivity index (χ1) is 6.93. The zero-order valence-electron chi connectivity index (χ0n) is 10.3. The van der Waals surface area contributed by atoms with Crippen molar-refractivity contribution in [1.29, 1.82) is 0 Å². The zero-order chi connectivity index (χ0) is 11.5. The van der Waals surface area contributed by atoms with Crippen molar-refractivity contribution in [3.63, 3.8) is 0 Å². The number of carbonyl (C=O) groups excluding carboxylic acids is 1. The highest BCUT2D eigenvalue weighted by Crippen LogP contribution is 2.36. The van der Waals surface area contributed by atoms with Gasteiger partial charge in [-0.05, 0) is 43.1 Å². The second-order valence-electron chi connectivity index (χ2n) is 5.55. The van der Waals surface area contributed by atoms with Gasteiger partial charge in [-0.25, -0.2) is 0 Å². The quantitative estimate of drug-likeness (QED) is 0.380. The predicted molar refractivity (Wildman–Crippen MR) is 64.7 cm³/mol. The van der Waals surface area contributed by atoms with E-state index in [-0.39, 0.29) is 5.41 Å². The highest BCUT2D eigenvalue weighted by Gasteiger charge is 2.22. The molecule has 0 bridgehead atoms. The molecule has 0 aromatic carbocycles. The summed E-state index contributed by atoms with van der Waals surface area (Å²) >= 11 is 0. The van der Waals surface area contributed by atoms with Crippen LogP contribution in [0, 0.1) is 11.3 Å². The summed E-state index contributed by atoms with van der Waals surface area (Å²) in [7, 11) is 0. The van der Waals surface area contributed by atoms with E-state index in [1.807, 2.05) is 6.92 Å². The molecule has 0 aromatic heterocycles. The summed E-state index contributed by atoms with van der Waals surface area (Å²) in [5.74, 6) is 0.564. The Morgan fingerprint density at radius 1 is 1.47 bits per heavy atom. The average molecular weight is 206 g/mol. The number of aldehydes is 1. The summed E-state index contributed by atoms with van der Waals surface area (Å²) in [6, 6.07) is 0. The minimum atomic E-state index is 0.279. The first-order valence-electron chi connectivity index (χ1n) is 5.76. The van der Waals surface area contributed by atoms with Crippen molar-refractivity contribution >= 4 is 6.29 Å². The smallest absolute Gasteiger partial charge is 0.145 e. The summed E-state index contributed by atoms with van der Waals surface area (Å²) in [5.41, 5.74) is 2.69. The second kappa shape index (κ2) is 4.78. The first kappa shape index (κ1) is 12.2. The molecule has 0 radical (unpaired) electrons. The summed E-state index contributed by atoms with van der Waals surface area (Å²) in [6.45, 7) is 8.68. The Balaban J connectivity index is 2.70. The van der Waals surface area contributed by atoms with Crippen LogP contribution in [0.3, 0.4) is 0 Å². The van der Waals surface area contributed by atoms with Crippen LogP contribution in [0.15, 0.2) is 23.3 Å². The summed E-state index contributed by atoms with van der Waals surface area (Å²) in [6.07, 6.45) is 8.92. The topological polar surface area (TPSA) is 17.1 Å². The van der Waals surface area contributed by atoms with Crippen molar-refractivity contribution in [3.8, 4) is 0 Å². The maximum absolute atomic E-state index is 10.6. The number of hydrogen-bond acceptors (Lipinski definition) is 1. The van der Waals surface area contributed by atoms with Crippen molar-refractivity contribution in [2.45, 2.75) is 47.0 Å². The molecular weight excluding hydrogens is 184 g/mol. The second-order valence-corrected chi connectivity index (χ2v) is 5.55. The van der Waals surface area contributed by atoms with Gasteiger partial charge in [-0.3, -0.25) is 4.79 Å². The molecule has 84 valence electrons. The molecule has 0 aliphatic heterocycles. The summed E-state index contributed by atoms with van der Waals surface area (Å²) in [5, 5.41) is 0. The molecule has 1 nitrogen and oxygen atoms in total. The van der Waals surface area contributed by atoms with E-state index in [1.54, 1.807) is 0 Å². The monoisotopic (exact) mass is 206 g/mol. The molecule has 1 atom stereocenters. The lowest BCUT2D eigenvalue weighted by Crippen LogP contribution is -2.16. The number of hydrogen-bond donors (Lipinski definition) is 0. The molecule has 1 aliphatic rings. The van der Waals surface area contributed by atoms with Gasteiger partial charge in [-0.2, -0.15) is 0 Å². The van der Waals surface area contributed by atoms with Crippen molar-refractivity contribution in [1.82, 2.24) is 0 Å². The van der Waals surface area contributed by atoms with Crippen LogP contribution in [0.4, 0.5) is 0 Å². The first-order valence-corrected chi connectivity index (χ1v) is 5.76. The van der Waals surface area contributed by atoms with Crippen molar-refractivity contribution in [2.75, 3.05) is 0 Å². The molecule has 15 heavy (non-hydrogen) atoms. The van der Waals surface area contributed by atoms with Crippen LogP contribution in [-0.2, 0) is 4.79 Å². The predicted octanol–water partition coefficient (Wildman–Crippen LogP) is 3.90. The SMILES string of the molecule is C/C(C=O)=C\C1CCC=C(C(C)(C)C)C1. The molecule has 0 saturated heterocycles. The number of allylic oxidation sites excluding steroid dienone is 4. The average Bonchev–Trinajstić information content (AvgIpc) is 2.17. The maximum atomic E-state index is 10.6. The molecule has 1 unspecified atom stereocenters. The van der Waals surface area contributed by atoms with Crippen molar-refractivity contribution < 1.29 is 4.79 Å². The highest BCUT2D eigenvalue weighted by atomic mass is 16.1. The fourth-order valence-electron chi connectivity index (χ4n) is 2.11. The molecular formula is C14H22O. The Labute approximate surface area is 93.3 Å². The van der Waals surface area contributed by atoms with E-state index in [0.717, 1.165) is 24.7 Å². The third-order valence-electron chi connectivity index (χ3n) is 3.06. The highest BCUT2D eigenvalue weighted by molar-refractivity contribution is 5.72.